The molecule has 0 radical (unpaired) electrons. The van der Waals surface area contributed by atoms with Gasteiger partial charge in [0.05, 0.1) is 25.3 Å². The maximum atomic E-state index is 6.29. The molecule has 0 atom stereocenters. The fourth-order valence-corrected chi connectivity index (χ4v) is 2.08. The van der Waals surface area contributed by atoms with E-state index in [1.54, 1.807) is 26.4 Å². The molecule has 2 N–H and O–H groups in total. The summed E-state index contributed by atoms with van der Waals surface area (Å²) in [5.41, 5.74) is 6.40. The van der Waals surface area contributed by atoms with Gasteiger partial charge in [0.15, 0.2) is 5.82 Å². The summed E-state index contributed by atoms with van der Waals surface area (Å²) in [4.78, 5) is 4.44. The molecule has 0 aliphatic carbocycles. The summed E-state index contributed by atoms with van der Waals surface area (Å²) < 4.78 is 15.9. The summed E-state index contributed by atoms with van der Waals surface area (Å²) in [7, 11) is 3.19. The Hall–Kier alpha value is -2.08. The van der Waals surface area contributed by atoms with Crippen LogP contribution in [0, 0.1) is 0 Å². The Morgan fingerprint density at radius 3 is 2.48 bits per heavy atom. The molecule has 0 unspecified atom stereocenters. The van der Waals surface area contributed by atoms with Crippen molar-refractivity contribution in [2.24, 2.45) is 5.73 Å². The number of ether oxygens (including phenoxy) is 2. The van der Waals surface area contributed by atoms with Crippen LogP contribution < -0.4 is 15.2 Å². The zero-order valence-corrected chi connectivity index (χ0v) is 12.8. The second-order valence-electron chi connectivity index (χ2n) is 4.85. The van der Waals surface area contributed by atoms with E-state index in [0.717, 1.165) is 12.8 Å². The molecule has 1 heterocycles. The molecule has 2 rings (SSSR count). The first-order valence-corrected chi connectivity index (χ1v) is 6.93. The molecule has 21 heavy (non-hydrogen) atoms. The van der Waals surface area contributed by atoms with Crippen molar-refractivity contribution in [3.8, 4) is 23.0 Å². The molecule has 6 heteroatoms. The van der Waals surface area contributed by atoms with Gasteiger partial charge in [0.2, 0.25) is 0 Å². The maximum absolute atomic E-state index is 6.29. The molecule has 0 aliphatic heterocycles. The standard InChI is InChI=1S/C15H21N3O3/c1-5-15(16,6-2)14-17-13(21-18-14)11-9-10(19-3)7-8-12(11)20-4/h7-9H,5-6,16H2,1-4H3. The van der Waals surface area contributed by atoms with Crippen LogP contribution in [0.4, 0.5) is 0 Å². The number of rotatable bonds is 6. The van der Waals surface area contributed by atoms with E-state index in [1.807, 2.05) is 19.9 Å². The lowest BCUT2D eigenvalue weighted by Gasteiger charge is -2.21. The van der Waals surface area contributed by atoms with E-state index >= 15 is 0 Å². The van der Waals surface area contributed by atoms with Gasteiger partial charge in [-0.25, -0.2) is 0 Å². The summed E-state index contributed by atoms with van der Waals surface area (Å²) in [6.45, 7) is 4.01. The molecule has 2 aromatic rings. The van der Waals surface area contributed by atoms with Crippen molar-refractivity contribution in [3.63, 3.8) is 0 Å². The largest absolute Gasteiger partial charge is 0.497 e. The average Bonchev–Trinajstić information content (AvgIpc) is 3.03. The first kappa shape index (κ1) is 15.3. The minimum atomic E-state index is -0.576. The monoisotopic (exact) mass is 291 g/mol. The molecule has 0 saturated carbocycles. The Morgan fingerprint density at radius 1 is 1.19 bits per heavy atom. The lowest BCUT2D eigenvalue weighted by Crippen LogP contribution is -2.36. The van der Waals surface area contributed by atoms with E-state index in [0.29, 0.717) is 28.8 Å². The highest BCUT2D eigenvalue weighted by atomic mass is 16.5. The maximum Gasteiger partial charge on any atom is 0.261 e. The summed E-state index contributed by atoms with van der Waals surface area (Å²) in [5, 5.41) is 4.03. The molecular weight excluding hydrogens is 270 g/mol. The van der Waals surface area contributed by atoms with Gasteiger partial charge in [-0.15, -0.1) is 0 Å². The highest BCUT2D eigenvalue weighted by molar-refractivity contribution is 5.65. The first-order chi connectivity index (χ1) is 10.1. The Morgan fingerprint density at radius 2 is 1.90 bits per heavy atom. The summed E-state index contributed by atoms with van der Waals surface area (Å²) in [6.07, 6.45) is 1.47. The normalized spacial score (nSPS) is 11.5. The van der Waals surface area contributed by atoms with Gasteiger partial charge in [0.25, 0.3) is 5.89 Å². The third kappa shape index (κ3) is 2.85. The van der Waals surface area contributed by atoms with E-state index < -0.39 is 5.54 Å². The average molecular weight is 291 g/mol. The van der Waals surface area contributed by atoms with Crippen LogP contribution in [-0.2, 0) is 5.54 Å². The lowest BCUT2D eigenvalue weighted by atomic mass is 9.93. The van der Waals surface area contributed by atoms with E-state index in [2.05, 4.69) is 10.1 Å². The molecule has 1 aromatic heterocycles. The number of hydrogen-bond acceptors (Lipinski definition) is 6. The third-order valence-electron chi connectivity index (χ3n) is 3.77. The van der Waals surface area contributed by atoms with Gasteiger partial charge in [-0.2, -0.15) is 4.98 Å². The van der Waals surface area contributed by atoms with Crippen LogP contribution in [0.2, 0.25) is 0 Å². The van der Waals surface area contributed by atoms with Crippen molar-refractivity contribution in [3.05, 3.63) is 24.0 Å². The predicted octanol–water partition coefficient (Wildman–Crippen LogP) is 2.73. The molecule has 0 bridgehead atoms. The molecule has 0 saturated heterocycles. The SMILES string of the molecule is CCC(N)(CC)c1noc(-c2cc(OC)ccc2OC)n1. The number of nitrogens with zero attached hydrogens (tertiary/aromatic N) is 2. The highest BCUT2D eigenvalue weighted by Crippen LogP contribution is 2.33. The Labute approximate surface area is 124 Å². The second kappa shape index (κ2) is 6.13. The number of aromatic nitrogens is 2. The molecule has 0 fully saturated rings. The van der Waals surface area contributed by atoms with Gasteiger partial charge >= 0.3 is 0 Å². The quantitative estimate of drug-likeness (QED) is 0.881. The van der Waals surface area contributed by atoms with Crippen molar-refractivity contribution in [1.82, 2.24) is 10.1 Å². The molecule has 0 amide bonds. The van der Waals surface area contributed by atoms with Crippen LogP contribution in [0.25, 0.3) is 11.5 Å². The number of hydrogen-bond donors (Lipinski definition) is 1. The molecular formula is C15H21N3O3. The number of nitrogens with two attached hydrogens (primary N) is 1. The minimum absolute atomic E-state index is 0.373. The van der Waals surface area contributed by atoms with Crippen molar-refractivity contribution in [2.75, 3.05) is 14.2 Å². The zero-order valence-electron chi connectivity index (χ0n) is 12.8. The highest BCUT2D eigenvalue weighted by Gasteiger charge is 2.29. The molecule has 0 spiro atoms. The lowest BCUT2D eigenvalue weighted by molar-refractivity contribution is 0.349. The van der Waals surface area contributed by atoms with Gasteiger partial charge in [0, 0.05) is 0 Å². The summed E-state index contributed by atoms with van der Waals surface area (Å²) in [6, 6.07) is 5.41. The van der Waals surface area contributed by atoms with Gasteiger partial charge in [-0.1, -0.05) is 19.0 Å². The van der Waals surface area contributed by atoms with E-state index in [1.165, 1.54) is 0 Å². The second-order valence-corrected chi connectivity index (χ2v) is 4.85. The van der Waals surface area contributed by atoms with Crippen LogP contribution >= 0.6 is 0 Å². The third-order valence-corrected chi connectivity index (χ3v) is 3.77. The van der Waals surface area contributed by atoms with Crippen molar-refractivity contribution >= 4 is 0 Å². The van der Waals surface area contributed by atoms with Gasteiger partial charge < -0.3 is 19.7 Å². The smallest absolute Gasteiger partial charge is 0.261 e. The van der Waals surface area contributed by atoms with Crippen LogP contribution in [0.15, 0.2) is 22.7 Å². The van der Waals surface area contributed by atoms with Gasteiger partial charge in [0.1, 0.15) is 11.5 Å². The Balaban J connectivity index is 2.46. The molecule has 0 aliphatic rings. The van der Waals surface area contributed by atoms with Gasteiger partial charge in [-0.3, -0.25) is 0 Å². The van der Waals surface area contributed by atoms with Crippen molar-refractivity contribution < 1.29 is 14.0 Å². The van der Waals surface area contributed by atoms with Crippen LogP contribution in [0.1, 0.15) is 32.5 Å². The van der Waals surface area contributed by atoms with Gasteiger partial charge in [-0.05, 0) is 31.0 Å². The summed E-state index contributed by atoms with van der Waals surface area (Å²) in [5.74, 6) is 2.21. The minimum Gasteiger partial charge on any atom is -0.497 e. The molecule has 114 valence electrons. The fourth-order valence-electron chi connectivity index (χ4n) is 2.08. The predicted molar refractivity (Wildman–Crippen MR) is 79.3 cm³/mol. The van der Waals surface area contributed by atoms with E-state index in [9.17, 15) is 0 Å². The van der Waals surface area contributed by atoms with Crippen LogP contribution in [-0.4, -0.2) is 24.4 Å². The summed E-state index contributed by atoms with van der Waals surface area (Å²) >= 11 is 0. The number of methoxy groups -OCH3 is 2. The molecule has 1 aromatic carbocycles. The van der Waals surface area contributed by atoms with Crippen LogP contribution in [0.3, 0.4) is 0 Å². The van der Waals surface area contributed by atoms with E-state index in [4.69, 9.17) is 19.7 Å². The molecule has 6 nitrogen and oxygen atoms in total. The topological polar surface area (TPSA) is 83.4 Å². The Kier molecular flexibility index (Phi) is 4.47. The van der Waals surface area contributed by atoms with Crippen LogP contribution in [0.5, 0.6) is 11.5 Å². The zero-order chi connectivity index (χ0) is 15.5. The van der Waals surface area contributed by atoms with Crippen molar-refractivity contribution in [2.45, 2.75) is 32.2 Å². The fraction of sp³-hybridized carbons (Fsp3) is 0.467. The Bertz CT molecular complexity index is 606. The first-order valence-electron chi connectivity index (χ1n) is 6.93. The van der Waals surface area contributed by atoms with Crippen molar-refractivity contribution in [1.29, 1.82) is 0 Å². The van der Waals surface area contributed by atoms with E-state index in [-0.39, 0.29) is 0 Å². The number of benzene rings is 1.